The number of likely N-dealkylation sites (tertiary alicyclic amines) is 1. The molecule has 29 heavy (non-hydrogen) atoms. The van der Waals surface area contributed by atoms with Gasteiger partial charge in [0.1, 0.15) is 0 Å². The van der Waals surface area contributed by atoms with E-state index in [0.717, 1.165) is 26.1 Å². The number of carbonyl (C=O) groups excluding carboxylic acids is 1. The van der Waals surface area contributed by atoms with E-state index in [-0.39, 0.29) is 36.4 Å². The van der Waals surface area contributed by atoms with Crippen LogP contribution in [0.2, 0.25) is 0 Å². The van der Waals surface area contributed by atoms with Gasteiger partial charge >= 0.3 is 0 Å². The van der Waals surface area contributed by atoms with Gasteiger partial charge in [0.05, 0.1) is 6.54 Å². The van der Waals surface area contributed by atoms with E-state index >= 15 is 0 Å². The van der Waals surface area contributed by atoms with Crippen molar-refractivity contribution < 1.29 is 4.79 Å². The lowest BCUT2D eigenvalue weighted by molar-refractivity contribution is -0.130. The smallest absolute Gasteiger partial charge is 0.242 e. The largest absolute Gasteiger partial charge is 0.355 e. The highest BCUT2D eigenvalue weighted by Gasteiger charge is 2.21. The van der Waals surface area contributed by atoms with Crippen LogP contribution in [0.4, 0.5) is 0 Å². The molecule has 6 nitrogen and oxygen atoms in total. The molecule has 1 fully saturated rings. The molecule has 2 N–H and O–H groups in total. The maximum absolute atomic E-state index is 12.6. The molecule has 0 spiro atoms. The number of piperidine rings is 1. The van der Waals surface area contributed by atoms with Crippen LogP contribution in [0.25, 0.3) is 0 Å². The van der Waals surface area contributed by atoms with Crippen LogP contribution in [-0.4, -0.2) is 67.5 Å². The Labute approximate surface area is 192 Å². The van der Waals surface area contributed by atoms with Gasteiger partial charge in [-0.3, -0.25) is 14.7 Å². The van der Waals surface area contributed by atoms with Crippen LogP contribution in [0, 0.1) is 0 Å². The number of benzene rings is 1. The van der Waals surface area contributed by atoms with E-state index in [1.165, 1.54) is 43.4 Å². The Kier molecular flexibility index (Phi) is 10.2. The molecule has 1 saturated heterocycles. The molecule has 2 aliphatic heterocycles. The van der Waals surface area contributed by atoms with Crippen molar-refractivity contribution in [3.05, 3.63) is 35.4 Å². The van der Waals surface area contributed by atoms with Crippen LogP contribution in [0.3, 0.4) is 0 Å². The number of rotatable bonds is 6. The average Bonchev–Trinajstić information content (AvgIpc) is 2.75. The van der Waals surface area contributed by atoms with E-state index in [1.54, 1.807) is 7.05 Å². The van der Waals surface area contributed by atoms with Crippen molar-refractivity contribution >= 4 is 35.8 Å². The molecule has 2 heterocycles. The molecule has 1 aromatic carbocycles. The molecule has 1 amide bonds. The number of nitrogens with one attached hydrogen (secondary N) is 2. The van der Waals surface area contributed by atoms with Crippen molar-refractivity contribution in [3.8, 4) is 0 Å². The van der Waals surface area contributed by atoms with Gasteiger partial charge in [-0.25, -0.2) is 0 Å². The Hall–Kier alpha value is -1.35. The summed E-state index contributed by atoms with van der Waals surface area (Å²) < 4.78 is 0. The Morgan fingerprint density at radius 3 is 2.72 bits per heavy atom. The van der Waals surface area contributed by atoms with E-state index in [9.17, 15) is 4.79 Å². The summed E-state index contributed by atoms with van der Waals surface area (Å²) in [4.78, 5) is 21.4. The molecule has 0 saturated carbocycles. The lowest BCUT2D eigenvalue weighted by atomic mass is 10.00. The fourth-order valence-electron chi connectivity index (χ4n) is 4.33. The van der Waals surface area contributed by atoms with Crippen LogP contribution in [0.15, 0.2) is 29.3 Å². The van der Waals surface area contributed by atoms with Crippen LogP contribution in [-0.2, 0) is 17.8 Å². The summed E-state index contributed by atoms with van der Waals surface area (Å²) in [5.74, 6) is 0.829. The van der Waals surface area contributed by atoms with Gasteiger partial charge < -0.3 is 15.5 Å². The monoisotopic (exact) mass is 513 g/mol. The summed E-state index contributed by atoms with van der Waals surface area (Å²) in [5.41, 5.74) is 2.62. The van der Waals surface area contributed by atoms with Crippen LogP contribution in [0.5, 0.6) is 0 Å². The number of amides is 1. The summed E-state index contributed by atoms with van der Waals surface area (Å²) in [5, 5.41) is 6.54. The second-order valence-corrected chi connectivity index (χ2v) is 7.78. The molecule has 0 radical (unpaired) electrons. The van der Waals surface area contributed by atoms with Crippen molar-refractivity contribution in [2.75, 3.05) is 39.8 Å². The third-order valence-electron chi connectivity index (χ3n) is 6.03. The molecular formula is C22H36IN5O. The average molecular weight is 513 g/mol. The topological polar surface area (TPSA) is 60.0 Å². The van der Waals surface area contributed by atoms with Gasteiger partial charge in [0.2, 0.25) is 5.91 Å². The molecule has 0 aromatic heterocycles. The Morgan fingerprint density at radius 1 is 1.17 bits per heavy atom. The third-order valence-corrected chi connectivity index (χ3v) is 6.03. The van der Waals surface area contributed by atoms with E-state index in [0.29, 0.717) is 18.5 Å². The number of halogens is 1. The lowest BCUT2D eigenvalue weighted by Gasteiger charge is -2.35. The molecule has 0 aliphatic carbocycles. The quantitative estimate of drug-likeness (QED) is 0.349. The van der Waals surface area contributed by atoms with E-state index < -0.39 is 0 Å². The van der Waals surface area contributed by atoms with E-state index in [1.807, 2.05) is 11.0 Å². The Bertz CT molecular complexity index is 681. The highest BCUT2D eigenvalue weighted by atomic mass is 127. The minimum Gasteiger partial charge on any atom is -0.355 e. The van der Waals surface area contributed by atoms with Gasteiger partial charge in [0, 0.05) is 39.3 Å². The fourth-order valence-corrected chi connectivity index (χ4v) is 4.33. The predicted molar refractivity (Wildman–Crippen MR) is 130 cm³/mol. The minimum atomic E-state index is 0. The van der Waals surface area contributed by atoms with Crippen molar-refractivity contribution in [1.82, 2.24) is 20.4 Å². The summed E-state index contributed by atoms with van der Waals surface area (Å²) >= 11 is 0. The number of guanidine groups is 1. The summed E-state index contributed by atoms with van der Waals surface area (Å²) in [7, 11) is 1.76. The molecule has 0 bridgehead atoms. The fraction of sp³-hybridized carbons (Fsp3) is 0.636. The molecule has 162 valence electrons. The second kappa shape index (κ2) is 12.4. The summed E-state index contributed by atoms with van der Waals surface area (Å²) in [6.45, 7) is 7.12. The minimum absolute atomic E-state index is 0. The first-order chi connectivity index (χ1) is 13.7. The summed E-state index contributed by atoms with van der Waals surface area (Å²) in [6, 6.07) is 9.11. The number of fused-ring (bicyclic) bond motifs is 1. The van der Waals surface area contributed by atoms with Crippen molar-refractivity contribution in [2.45, 2.75) is 51.6 Å². The van der Waals surface area contributed by atoms with Gasteiger partial charge in [0.15, 0.2) is 5.96 Å². The van der Waals surface area contributed by atoms with Crippen LogP contribution < -0.4 is 10.6 Å². The number of hydrogen-bond acceptors (Lipinski definition) is 3. The predicted octanol–water partition coefficient (Wildman–Crippen LogP) is 2.62. The summed E-state index contributed by atoms with van der Waals surface area (Å²) in [6.07, 6.45) is 6.13. The zero-order valence-corrected chi connectivity index (χ0v) is 20.2. The number of carbonyl (C=O) groups is 1. The van der Waals surface area contributed by atoms with Gasteiger partial charge in [-0.1, -0.05) is 37.6 Å². The second-order valence-electron chi connectivity index (χ2n) is 7.78. The van der Waals surface area contributed by atoms with Gasteiger partial charge in [-0.2, -0.15) is 0 Å². The van der Waals surface area contributed by atoms with Crippen LogP contribution in [0.1, 0.15) is 43.7 Å². The molecule has 7 heteroatoms. The zero-order chi connectivity index (χ0) is 19.8. The van der Waals surface area contributed by atoms with E-state index in [2.05, 4.69) is 45.6 Å². The van der Waals surface area contributed by atoms with E-state index in [4.69, 9.17) is 0 Å². The first kappa shape index (κ1) is 23.9. The first-order valence-electron chi connectivity index (χ1n) is 10.7. The Balaban J connectivity index is 0.00000300. The number of hydrogen-bond donors (Lipinski definition) is 2. The van der Waals surface area contributed by atoms with Gasteiger partial charge in [-0.05, 0) is 43.4 Å². The third kappa shape index (κ3) is 6.84. The molecule has 2 aliphatic rings. The maximum atomic E-state index is 12.6. The first-order valence-corrected chi connectivity index (χ1v) is 10.7. The molecule has 1 aromatic rings. The normalized spacial score (nSPS) is 19.9. The van der Waals surface area contributed by atoms with Crippen LogP contribution >= 0.6 is 24.0 Å². The maximum Gasteiger partial charge on any atom is 0.242 e. The zero-order valence-electron chi connectivity index (χ0n) is 17.8. The van der Waals surface area contributed by atoms with Gasteiger partial charge in [-0.15, -0.1) is 24.0 Å². The molecule has 1 unspecified atom stereocenters. The SMILES string of the molecule is CCC1CCCCN1CCNC(=NC)NCC(=O)N1CCc2ccccc2C1.I. The van der Waals surface area contributed by atoms with Crippen molar-refractivity contribution in [1.29, 1.82) is 0 Å². The highest BCUT2D eigenvalue weighted by Crippen LogP contribution is 2.19. The molecular weight excluding hydrogens is 477 g/mol. The number of aliphatic imine (C=N–C) groups is 1. The highest BCUT2D eigenvalue weighted by molar-refractivity contribution is 14.0. The molecule has 1 atom stereocenters. The van der Waals surface area contributed by atoms with Crippen molar-refractivity contribution in [2.24, 2.45) is 4.99 Å². The standard InChI is InChI=1S/C22H35N5O.HI/c1-3-20-10-6-7-13-26(20)15-12-24-22(23-2)25-16-21(28)27-14-11-18-8-4-5-9-19(18)17-27;/h4-5,8-9,20H,3,6-7,10-17H2,1-2H3,(H2,23,24,25);1H. The molecule has 3 rings (SSSR count). The lowest BCUT2D eigenvalue weighted by Crippen LogP contribution is -2.48. The Morgan fingerprint density at radius 2 is 1.97 bits per heavy atom. The van der Waals surface area contributed by atoms with Gasteiger partial charge in [0.25, 0.3) is 0 Å². The van der Waals surface area contributed by atoms with Crippen molar-refractivity contribution in [3.63, 3.8) is 0 Å². The number of nitrogens with zero attached hydrogens (tertiary/aromatic N) is 3.